The number of rotatable bonds is 7. The molecule has 1 unspecified atom stereocenters. The Hall–Kier alpha value is -4.11. The van der Waals surface area contributed by atoms with Gasteiger partial charge in [-0.3, -0.25) is 10.1 Å². The summed E-state index contributed by atoms with van der Waals surface area (Å²) in [7, 11) is 0. The third-order valence-corrected chi connectivity index (χ3v) is 8.52. The van der Waals surface area contributed by atoms with Crippen molar-refractivity contribution in [2.45, 2.75) is 19.4 Å². The molecule has 4 aromatic carbocycles. The number of ether oxygens (including phenoxy) is 1. The lowest BCUT2D eigenvalue weighted by Gasteiger charge is -2.16. The number of halogens is 1. The molecule has 2 aromatic heterocycles. The predicted molar refractivity (Wildman–Crippen MR) is 163 cm³/mol. The number of thiazole rings is 2. The molecule has 9 heteroatoms. The van der Waals surface area contributed by atoms with Gasteiger partial charge in [-0.1, -0.05) is 73.1 Å². The predicted octanol–water partition coefficient (Wildman–Crippen LogP) is 8.47. The Morgan fingerprint density at radius 2 is 1.73 bits per heavy atom. The van der Waals surface area contributed by atoms with Crippen molar-refractivity contribution < 1.29 is 14.3 Å². The number of aromatic nitrogens is 2. The molecular formula is C31H22ClN3O3S2. The highest BCUT2D eigenvalue weighted by Crippen LogP contribution is 2.36. The number of anilines is 1. The van der Waals surface area contributed by atoms with Gasteiger partial charge in [-0.15, -0.1) is 22.7 Å². The maximum Gasteiger partial charge on any atom is 0.339 e. The Balaban J connectivity index is 1.25. The zero-order chi connectivity index (χ0) is 27.6. The number of amides is 1. The van der Waals surface area contributed by atoms with Crippen LogP contribution in [0.4, 0.5) is 5.13 Å². The molecule has 0 bridgehead atoms. The van der Waals surface area contributed by atoms with Crippen LogP contribution in [0.3, 0.4) is 0 Å². The molecule has 0 aliphatic carbocycles. The van der Waals surface area contributed by atoms with Crippen molar-refractivity contribution in [2.24, 2.45) is 0 Å². The number of hydrogen-bond acceptors (Lipinski definition) is 7. The zero-order valence-corrected chi connectivity index (χ0v) is 23.6. The smallest absolute Gasteiger partial charge is 0.339 e. The molecule has 6 rings (SSSR count). The third kappa shape index (κ3) is 5.21. The molecule has 2 heterocycles. The van der Waals surface area contributed by atoms with Gasteiger partial charge < -0.3 is 4.74 Å². The molecule has 6 aromatic rings. The van der Waals surface area contributed by atoms with Gasteiger partial charge in [0, 0.05) is 26.9 Å². The fourth-order valence-electron chi connectivity index (χ4n) is 4.46. The van der Waals surface area contributed by atoms with E-state index in [2.05, 4.69) is 10.3 Å². The molecule has 0 spiro atoms. The van der Waals surface area contributed by atoms with Crippen LogP contribution in [0.2, 0.25) is 5.02 Å². The van der Waals surface area contributed by atoms with Crippen molar-refractivity contribution in [1.29, 1.82) is 0 Å². The van der Waals surface area contributed by atoms with Crippen molar-refractivity contribution in [2.75, 3.05) is 5.32 Å². The highest BCUT2D eigenvalue weighted by molar-refractivity contribution is 7.21. The van der Waals surface area contributed by atoms with Crippen LogP contribution in [0, 0.1) is 0 Å². The van der Waals surface area contributed by atoms with E-state index in [0.29, 0.717) is 22.1 Å². The summed E-state index contributed by atoms with van der Waals surface area (Å²) in [6.07, 6.45) is -0.678. The Kier molecular flexibility index (Phi) is 7.30. The molecule has 0 fully saturated rings. The van der Waals surface area contributed by atoms with E-state index in [4.69, 9.17) is 21.3 Å². The summed E-state index contributed by atoms with van der Waals surface area (Å²) in [6, 6.07) is 26.6. The van der Waals surface area contributed by atoms with Crippen LogP contribution < -0.4 is 5.32 Å². The Bertz CT molecular complexity index is 1830. The number of hydrogen-bond donors (Lipinski definition) is 1. The molecule has 6 nitrogen and oxygen atoms in total. The monoisotopic (exact) mass is 583 g/mol. The third-order valence-electron chi connectivity index (χ3n) is 6.44. The van der Waals surface area contributed by atoms with Gasteiger partial charge in [0.25, 0.3) is 5.91 Å². The Morgan fingerprint density at radius 3 is 2.50 bits per heavy atom. The molecular weight excluding hydrogens is 562 g/mol. The van der Waals surface area contributed by atoms with Crippen LogP contribution in [-0.4, -0.2) is 27.9 Å². The summed E-state index contributed by atoms with van der Waals surface area (Å²) < 4.78 is 6.84. The van der Waals surface area contributed by atoms with E-state index in [1.54, 1.807) is 36.5 Å². The molecule has 0 aliphatic heterocycles. The average molecular weight is 584 g/mol. The minimum Gasteiger partial charge on any atom is -0.449 e. The van der Waals surface area contributed by atoms with E-state index in [0.717, 1.165) is 42.8 Å². The maximum absolute atomic E-state index is 13.5. The molecule has 1 atom stereocenters. The number of fused-ring (bicyclic) bond motifs is 2. The summed E-state index contributed by atoms with van der Waals surface area (Å²) in [6.45, 7) is 1.80. The van der Waals surface area contributed by atoms with E-state index >= 15 is 0 Å². The van der Waals surface area contributed by atoms with Crippen LogP contribution in [0.15, 0.2) is 90.3 Å². The van der Waals surface area contributed by atoms with Crippen molar-refractivity contribution in [1.82, 2.24) is 9.97 Å². The van der Waals surface area contributed by atoms with Crippen LogP contribution in [0.25, 0.3) is 42.8 Å². The molecule has 1 amide bonds. The summed E-state index contributed by atoms with van der Waals surface area (Å²) >= 11 is 8.85. The van der Waals surface area contributed by atoms with E-state index in [-0.39, 0.29) is 0 Å². The summed E-state index contributed by atoms with van der Waals surface area (Å²) in [5.41, 5.74) is 3.75. The average Bonchev–Trinajstić information content (AvgIpc) is 3.62. The minimum absolute atomic E-state index is 0.308. The van der Waals surface area contributed by atoms with Gasteiger partial charge in [-0.05, 0) is 42.1 Å². The largest absolute Gasteiger partial charge is 0.449 e. The molecule has 40 heavy (non-hydrogen) atoms. The van der Waals surface area contributed by atoms with Gasteiger partial charge in [-0.2, -0.15) is 0 Å². The number of esters is 1. The van der Waals surface area contributed by atoms with E-state index in [9.17, 15) is 9.59 Å². The lowest BCUT2D eigenvalue weighted by molar-refractivity contribution is -0.124. The maximum atomic E-state index is 13.5. The standard InChI is InChI=1S/C31H22ClN3O3S2/c1-2-25(28(36)35-31-34-24(17-39-31)18-13-15-20(32)16-14-18)38-30(37)22-10-6-8-19-7-5-9-21(27(19)22)29-33-23-11-3-4-12-26(23)40-29/h3-17,25H,2H2,1H3,(H,34,35,36). The first-order valence-corrected chi connectivity index (χ1v) is 14.7. The number of nitrogens with one attached hydrogen (secondary N) is 1. The Morgan fingerprint density at radius 1 is 0.950 bits per heavy atom. The summed E-state index contributed by atoms with van der Waals surface area (Å²) in [4.78, 5) is 35.9. The summed E-state index contributed by atoms with van der Waals surface area (Å²) in [5, 5.41) is 8.17. The molecule has 1 N–H and O–H groups in total. The van der Waals surface area contributed by atoms with E-state index < -0.39 is 18.0 Å². The van der Waals surface area contributed by atoms with Crippen LogP contribution in [0.1, 0.15) is 23.7 Å². The molecule has 0 aliphatic rings. The second-order valence-corrected chi connectivity index (χ2v) is 11.4. The number of carbonyl (C=O) groups excluding carboxylic acids is 2. The highest BCUT2D eigenvalue weighted by atomic mass is 35.5. The SMILES string of the molecule is CCC(OC(=O)c1cccc2cccc(-c3nc4ccccc4s3)c12)C(=O)Nc1nc(-c2ccc(Cl)cc2)cs1. The quantitative estimate of drug-likeness (QED) is 0.191. The van der Waals surface area contributed by atoms with Gasteiger partial charge in [0.15, 0.2) is 11.2 Å². The van der Waals surface area contributed by atoms with Crippen molar-refractivity contribution in [3.63, 3.8) is 0 Å². The van der Waals surface area contributed by atoms with E-state index in [1.165, 1.54) is 11.3 Å². The lowest BCUT2D eigenvalue weighted by Crippen LogP contribution is -2.32. The first kappa shape index (κ1) is 26.1. The van der Waals surface area contributed by atoms with Gasteiger partial charge in [0.1, 0.15) is 5.01 Å². The van der Waals surface area contributed by atoms with Crippen LogP contribution in [-0.2, 0) is 9.53 Å². The fraction of sp³-hybridized carbons (Fsp3) is 0.0968. The number of para-hydroxylation sites is 1. The normalized spacial score (nSPS) is 11.9. The topological polar surface area (TPSA) is 81.2 Å². The molecule has 0 saturated heterocycles. The minimum atomic E-state index is -0.986. The van der Waals surface area contributed by atoms with E-state index in [1.807, 2.05) is 72.1 Å². The fourth-order valence-corrected chi connectivity index (χ4v) is 6.31. The second-order valence-electron chi connectivity index (χ2n) is 9.03. The first-order chi connectivity index (χ1) is 19.5. The Labute approximate surface area is 243 Å². The first-order valence-electron chi connectivity index (χ1n) is 12.6. The highest BCUT2D eigenvalue weighted by Gasteiger charge is 2.25. The number of carbonyl (C=O) groups is 2. The van der Waals surface area contributed by atoms with Crippen molar-refractivity contribution in [3.8, 4) is 21.8 Å². The number of nitrogens with zero attached hydrogens (tertiary/aromatic N) is 2. The van der Waals surface area contributed by atoms with Gasteiger partial charge in [-0.25, -0.2) is 14.8 Å². The van der Waals surface area contributed by atoms with Crippen LogP contribution >= 0.6 is 34.3 Å². The molecule has 198 valence electrons. The second kappa shape index (κ2) is 11.2. The molecule has 0 radical (unpaired) electrons. The lowest BCUT2D eigenvalue weighted by atomic mass is 9.99. The van der Waals surface area contributed by atoms with Gasteiger partial charge in [0.05, 0.1) is 21.5 Å². The van der Waals surface area contributed by atoms with Crippen molar-refractivity contribution in [3.05, 3.63) is 101 Å². The molecule has 0 saturated carbocycles. The van der Waals surface area contributed by atoms with Crippen molar-refractivity contribution >= 4 is 72.3 Å². The van der Waals surface area contributed by atoms with Crippen LogP contribution in [0.5, 0.6) is 0 Å². The van der Waals surface area contributed by atoms with Gasteiger partial charge >= 0.3 is 5.97 Å². The zero-order valence-electron chi connectivity index (χ0n) is 21.3. The van der Waals surface area contributed by atoms with Gasteiger partial charge in [0.2, 0.25) is 0 Å². The summed E-state index contributed by atoms with van der Waals surface area (Å²) in [5.74, 6) is -0.998. The number of benzene rings is 4.